The lowest BCUT2D eigenvalue weighted by molar-refractivity contribution is -0.130. The van der Waals surface area contributed by atoms with Crippen LogP contribution >= 0.6 is 27.7 Å². The molecule has 2 N–H and O–H groups in total. The Morgan fingerprint density at radius 3 is 2.82 bits per heavy atom. The van der Waals surface area contributed by atoms with E-state index in [4.69, 9.17) is 5.73 Å². The molecule has 1 aromatic rings. The number of benzene rings is 1. The third-order valence-electron chi connectivity index (χ3n) is 4.07. The van der Waals surface area contributed by atoms with E-state index in [1.165, 1.54) is 0 Å². The number of hydrogen-bond acceptors (Lipinski definition) is 3. The van der Waals surface area contributed by atoms with E-state index < -0.39 is 0 Å². The second-order valence-corrected chi connectivity index (χ2v) is 7.31. The second kappa shape index (κ2) is 8.02. The number of carbonyl (C=O) groups is 2. The molecule has 0 bridgehead atoms. The van der Waals surface area contributed by atoms with Gasteiger partial charge in [-0.05, 0) is 49.3 Å². The Morgan fingerprint density at radius 1 is 1.36 bits per heavy atom. The molecule has 22 heavy (non-hydrogen) atoms. The molecule has 0 aromatic heterocycles. The van der Waals surface area contributed by atoms with Crippen LogP contribution in [0.4, 0.5) is 0 Å². The number of carbonyl (C=O) groups excluding carboxylic acids is 2. The van der Waals surface area contributed by atoms with Gasteiger partial charge in [0.2, 0.25) is 11.8 Å². The first-order valence-electron chi connectivity index (χ1n) is 7.40. The van der Waals surface area contributed by atoms with Crippen LogP contribution in [0.15, 0.2) is 27.6 Å². The zero-order chi connectivity index (χ0) is 16.1. The summed E-state index contributed by atoms with van der Waals surface area (Å²) in [6.45, 7) is 1.33. The zero-order valence-corrected chi connectivity index (χ0v) is 15.1. The summed E-state index contributed by atoms with van der Waals surface area (Å²) < 4.78 is 0.984. The van der Waals surface area contributed by atoms with Gasteiger partial charge in [-0.2, -0.15) is 0 Å². The minimum absolute atomic E-state index is 0.0922. The van der Waals surface area contributed by atoms with Crippen molar-refractivity contribution in [1.29, 1.82) is 0 Å². The predicted octanol–water partition coefficient (Wildman–Crippen LogP) is 2.83. The van der Waals surface area contributed by atoms with Gasteiger partial charge in [-0.15, -0.1) is 11.8 Å². The molecule has 1 atom stereocenters. The van der Waals surface area contributed by atoms with E-state index in [2.05, 4.69) is 15.9 Å². The van der Waals surface area contributed by atoms with Crippen LogP contribution in [0, 0.1) is 5.92 Å². The van der Waals surface area contributed by atoms with Crippen molar-refractivity contribution in [3.05, 3.63) is 28.2 Å². The van der Waals surface area contributed by atoms with Crippen molar-refractivity contribution in [2.75, 3.05) is 19.3 Å². The maximum Gasteiger partial charge on any atom is 0.227 e. The van der Waals surface area contributed by atoms with Gasteiger partial charge in [0.05, 0.1) is 6.42 Å². The lowest BCUT2D eigenvalue weighted by Gasteiger charge is -2.21. The molecular weight excluding hydrogens is 364 g/mol. The van der Waals surface area contributed by atoms with E-state index in [1.807, 2.05) is 29.4 Å². The van der Waals surface area contributed by atoms with Crippen LogP contribution in [0.25, 0.3) is 0 Å². The average Bonchev–Trinajstić information content (AvgIpc) is 2.73. The Kier molecular flexibility index (Phi) is 6.32. The summed E-state index contributed by atoms with van der Waals surface area (Å²) in [5.74, 6) is -0.213. The summed E-state index contributed by atoms with van der Waals surface area (Å²) in [5.41, 5.74) is 6.43. The van der Waals surface area contributed by atoms with Gasteiger partial charge in [0.15, 0.2) is 0 Å². The molecule has 1 fully saturated rings. The van der Waals surface area contributed by atoms with Crippen molar-refractivity contribution in [3.8, 4) is 0 Å². The van der Waals surface area contributed by atoms with Crippen LogP contribution in [-0.4, -0.2) is 36.1 Å². The Hall–Kier alpha value is -1.01. The number of rotatable bonds is 4. The number of hydrogen-bond donors (Lipinski definition) is 1. The molecule has 0 aliphatic carbocycles. The largest absolute Gasteiger partial charge is 0.369 e. The average molecular weight is 385 g/mol. The molecule has 0 radical (unpaired) electrons. The second-order valence-electron chi connectivity index (χ2n) is 5.54. The number of amides is 2. The highest BCUT2D eigenvalue weighted by Crippen LogP contribution is 2.25. The highest BCUT2D eigenvalue weighted by Gasteiger charge is 2.24. The first kappa shape index (κ1) is 17.3. The van der Waals surface area contributed by atoms with E-state index >= 15 is 0 Å². The van der Waals surface area contributed by atoms with Gasteiger partial charge in [-0.3, -0.25) is 9.59 Å². The molecular formula is C16H21BrN2O2S. The Bertz CT molecular complexity index is 565. The van der Waals surface area contributed by atoms with Crippen LogP contribution in [0.1, 0.15) is 24.8 Å². The van der Waals surface area contributed by atoms with Gasteiger partial charge in [-0.1, -0.05) is 15.9 Å². The van der Waals surface area contributed by atoms with Gasteiger partial charge in [0, 0.05) is 28.4 Å². The van der Waals surface area contributed by atoms with Crippen molar-refractivity contribution in [1.82, 2.24) is 4.90 Å². The maximum atomic E-state index is 12.6. The van der Waals surface area contributed by atoms with E-state index in [-0.39, 0.29) is 17.7 Å². The van der Waals surface area contributed by atoms with Gasteiger partial charge < -0.3 is 10.6 Å². The van der Waals surface area contributed by atoms with Gasteiger partial charge in [0.25, 0.3) is 0 Å². The van der Waals surface area contributed by atoms with E-state index in [1.54, 1.807) is 11.8 Å². The molecule has 2 rings (SSSR count). The maximum absolute atomic E-state index is 12.6. The van der Waals surface area contributed by atoms with Crippen LogP contribution in [0.3, 0.4) is 0 Å². The van der Waals surface area contributed by atoms with Crippen LogP contribution in [0.5, 0.6) is 0 Å². The number of thioether (sulfide) groups is 1. The summed E-state index contributed by atoms with van der Waals surface area (Å²) in [7, 11) is 0. The molecule has 2 amide bonds. The minimum atomic E-state index is -0.244. The highest BCUT2D eigenvalue weighted by atomic mass is 79.9. The molecule has 1 saturated heterocycles. The molecule has 1 aromatic carbocycles. The normalized spacial score (nSPS) is 18.8. The number of nitrogens with zero attached hydrogens (tertiary/aromatic N) is 1. The van der Waals surface area contributed by atoms with Crippen molar-refractivity contribution >= 4 is 39.5 Å². The summed E-state index contributed by atoms with van der Waals surface area (Å²) in [6, 6.07) is 6.03. The topological polar surface area (TPSA) is 63.4 Å². The fourth-order valence-electron chi connectivity index (χ4n) is 2.79. The number of likely N-dealkylation sites (tertiary alicyclic amines) is 1. The summed E-state index contributed by atoms with van der Waals surface area (Å²) >= 11 is 5.11. The van der Waals surface area contributed by atoms with Crippen LogP contribution in [-0.2, 0) is 16.0 Å². The SMILES string of the molecule is CSc1ccc(Br)cc1CC(=O)N1CCC[C@H](C(N)=O)CC1. The minimum Gasteiger partial charge on any atom is -0.369 e. The van der Waals surface area contributed by atoms with Gasteiger partial charge >= 0.3 is 0 Å². The molecule has 1 heterocycles. The van der Waals surface area contributed by atoms with Crippen molar-refractivity contribution in [2.24, 2.45) is 11.7 Å². The molecule has 120 valence electrons. The fourth-order valence-corrected chi connectivity index (χ4v) is 3.80. The van der Waals surface area contributed by atoms with Crippen molar-refractivity contribution in [2.45, 2.75) is 30.6 Å². The van der Waals surface area contributed by atoms with Gasteiger partial charge in [0.1, 0.15) is 0 Å². The highest BCUT2D eigenvalue weighted by molar-refractivity contribution is 9.10. The monoisotopic (exact) mass is 384 g/mol. The summed E-state index contributed by atoms with van der Waals surface area (Å²) in [5, 5.41) is 0. The zero-order valence-electron chi connectivity index (χ0n) is 12.7. The molecule has 0 unspecified atom stereocenters. The lowest BCUT2D eigenvalue weighted by atomic mass is 10.0. The summed E-state index contributed by atoms with van der Waals surface area (Å²) in [4.78, 5) is 26.9. The summed E-state index contributed by atoms with van der Waals surface area (Å²) in [6.07, 6.45) is 4.71. The fraction of sp³-hybridized carbons (Fsp3) is 0.500. The molecule has 1 aliphatic heterocycles. The number of halogens is 1. The van der Waals surface area contributed by atoms with Crippen LogP contribution < -0.4 is 5.73 Å². The lowest BCUT2D eigenvalue weighted by Crippen LogP contribution is -2.34. The van der Waals surface area contributed by atoms with Crippen molar-refractivity contribution in [3.63, 3.8) is 0 Å². The third-order valence-corrected chi connectivity index (χ3v) is 5.40. The standard InChI is InChI=1S/C16H21BrN2O2S/c1-22-14-5-4-13(17)9-12(14)10-15(20)19-7-2-3-11(6-8-19)16(18)21/h4-5,9,11H,2-3,6-8,10H2,1H3,(H2,18,21)/t11-/m0/s1. The Balaban J connectivity index is 2.03. The Labute approximate surface area is 143 Å². The number of nitrogens with two attached hydrogens (primary N) is 1. The molecule has 1 aliphatic rings. The molecule has 4 nitrogen and oxygen atoms in total. The van der Waals surface area contributed by atoms with Gasteiger partial charge in [-0.25, -0.2) is 0 Å². The Morgan fingerprint density at radius 2 is 2.14 bits per heavy atom. The quantitative estimate of drug-likeness (QED) is 0.811. The number of primary amides is 1. The molecule has 6 heteroatoms. The van der Waals surface area contributed by atoms with Crippen molar-refractivity contribution < 1.29 is 9.59 Å². The van der Waals surface area contributed by atoms with E-state index in [0.717, 1.165) is 27.8 Å². The molecule has 0 saturated carbocycles. The third kappa shape index (κ3) is 4.49. The first-order chi connectivity index (χ1) is 10.5. The van der Waals surface area contributed by atoms with Crippen LogP contribution in [0.2, 0.25) is 0 Å². The molecule has 0 spiro atoms. The van der Waals surface area contributed by atoms with E-state index in [9.17, 15) is 9.59 Å². The van der Waals surface area contributed by atoms with E-state index in [0.29, 0.717) is 25.9 Å². The smallest absolute Gasteiger partial charge is 0.227 e. The predicted molar refractivity (Wildman–Crippen MR) is 92.7 cm³/mol. The first-order valence-corrected chi connectivity index (χ1v) is 9.42.